The Kier molecular flexibility index (Phi) is 15.6. The lowest BCUT2D eigenvalue weighted by atomic mass is 10.1. The highest BCUT2D eigenvalue weighted by Crippen LogP contribution is 2.28. The van der Waals surface area contributed by atoms with Gasteiger partial charge in [-0.25, -0.2) is 4.98 Å². The molecule has 1 amide bonds. The first kappa shape index (κ1) is 28.2. The number of aliphatic hydroxyl groups excluding tert-OH is 1. The molecule has 1 heterocycles. The molecule has 0 aromatic carbocycles. The van der Waals surface area contributed by atoms with Gasteiger partial charge in [-0.1, -0.05) is 88.6 Å². The minimum absolute atomic E-state index is 0.0837. The number of hydrogen-bond acceptors (Lipinski definition) is 5. The predicted octanol–water partition coefficient (Wildman–Crippen LogP) is 5.84. The Morgan fingerprint density at radius 1 is 1.12 bits per heavy atom. The molecule has 7 nitrogen and oxygen atoms in total. The van der Waals surface area contributed by atoms with Crippen LogP contribution in [-0.4, -0.2) is 43.9 Å². The molecule has 0 aliphatic carbocycles. The van der Waals surface area contributed by atoms with Crippen molar-refractivity contribution in [2.24, 2.45) is 0 Å². The number of allylic oxidation sites excluding steroid dienone is 1. The van der Waals surface area contributed by atoms with Gasteiger partial charge in [-0.2, -0.15) is 0 Å². The highest BCUT2D eigenvalue weighted by atomic mass is 32.2. The van der Waals surface area contributed by atoms with E-state index >= 15 is 0 Å². The Balaban J connectivity index is 2.43. The summed E-state index contributed by atoms with van der Waals surface area (Å²) in [6.07, 6.45) is 17.8. The number of carbonyl (C=O) groups excluding carboxylic acids is 1. The predicted molar refractivity (Wildman–Crippen MR) is 131 cm³/mol. The number of carboxylic acids is 1. The minimum Gasteiger partial charge on any atom is -0.481 e. The summed E-state index contributed by atoms with van der Waals surface area (Å²) < 4.78 is 0. The normalized spacial score (nSPS) is 13.3. The molecule has 0 saturated carbocycles. The maximum absolute atomic E-state index is 10.9. The van der Waals surface area contributed by atoms with Crippen molar-refractivity contribution in [3.63, 3.8) is 0 Å². The van der Waals surface area contributed by atoms with Crippen LogP contribution in [0.1, 0.15) is 96.1 Å². The molecule has 0 spiro atoms. The highest BCUT2D eigenvalue weighted by Gasteiger charge is 2.21. The van der Waals surface area contributed by atoms with Crippen molar-refractivity contribution < 1.29 is 19.8 Å². The highest BCUT2D eigenvalue weighted by molar-refractivity contribution is 8.00. The number of thioether (sulfide) groups is 1. The largest absolute Gasteiger partial charge is 0.481 e. The Hall–Kier alpha value is -1.80. The molecule has 1 aromatic rings. The van der Waals surface area contributed by atoms with E-state index in [9.17, 15) is 14.7 Å². The van der Waals surface area contributed by atoms with Gasteiger partial charge in [0.25, 0.3) is 0 Å². The smallest absolute Gasteiger partial charge is 0.303 e. The third kappa shape index (κ3) is 12.9. The lowest BCUT2D eigenvalue weighted by Gasteiger charge is -2.17. The van der Waals surface area contributed by atoms with Crippen molar-refractivity contribution in [1.82, 2.24) is 9.97 Å². The first-order valence-corrected chi connectivity index (χ1v) is 12.9. The van der Waals surface area contributed by atoms with Crippen LogP contribution in [0.25, 0.3) is 0 Å². The molecule has 0 fully saturated rings. The zero-order valence-electron chi connectivity index (χ0n) is 19.6. The molecule has 182 valence electrons. The molecule has 1 rings (SSSR count). The van der Waals surface area contributed by atoms with Crippen LogP contribution in [0.4, 0.5) is 5.82 Å². The number of H-pyrrole nitrogens is 1. The van der Waals surface area contributed by atoms with Crippen molar-refractivity contribution in [2.75, 3.05) is 5.32 Å². The summed E-state index contributed by atoms with van der Waals surface area (Å²) >= 11 is 1.34. The summed E-state index contributed by atoms with van der Waals surface area (Å²) in [4.78, 5) is 29.0. The van der Waals surface area contributed by atoms with Gasteiger partial charge in [0, 0.05) is 6.42 Å². The second-order valence-corrected chi connectivity index (χ2v) is 9.43. The zero-order chi connectivity index (χ0) is 23.6. The second-order valence-electron chi connectivity index (χ2n) is 8.26. The van der Waals surface area contributed by atoms with Crippen molar-refractivity contribution >= 4 is 30.0 Å². The number of carboxylic acid groups (broad SMARTS) is 1. The molecule has 0 bridgehead atoms. The molecule has 0 aliphatic heterocycles. The SMILES string of the molecule is CCCCCCCCCCCC/C=C\C(Sc1nc(NC=O)c(C)[nH]1)C(O)CCC(=O)O. The summed E-state index contributed by atoms with van der Waals surface area (Å²) in [7, 11) is 0. The summed E-state index contributed by atoms with van der Waals surface area (Å²) in [5, 5.41) is 22.3. The summed E-state index contributed by atoms with van der Waals surface area (Å²) in [5.41, 5.74) is 0.729. The van der Waals surface area contributed by atoms with Crippen LogP contribution in [-0.2, 0) is 9.59 Å². The number of nitrogens with zero attached hydrogens (tertiary/aromatic N) is 1. The number of carbonyl (C=O) groups is 2. The molecular formula is C24H41N3O4S. The van der Waals surface area contributed by atoms with Crippen LogP contribution in [0.3, 0.4) is 0 Å². The quantitative estimate of drug-likeness (QED) is 0.0828. The van der Waals surface area contributed by atoms with E-state index in [0.717, 1.165) is 18.5 Å². The van der Waals surface area contributed by atoms with Crippen LogP contribution >= 0.6 is 11.8 Å². The van der Waals surface area contributed by atoms with Gasteiger partial charge >= 0.3 is 5.97 Å². The number of amides is 1. The van der Waals surface area contributed by atoms with Crippen LogP contribution in [0.15, 0.2) is 17.3 Å². The third-order valence-electron chi connectivity index (χ3n) is 5.39. The standard InChI is InChI=1S/C24H41N3O4S/c1-3-4-5-6-7-8-9-10-11-12-13-14-15-21(20(29)16-17-22(30)31)32-24-26-19(2)23(27-24)25-18-28/h14-15,18,20-21,29H,3-13,16-17H2,1-2H3,(H,25,28)(H,26,27)(H,30,31)/b15-14-. The second kappa shape index (κ2) is 17.7. The maximum atomic E-state index is 10.9. The van der Waals surface area contributed by atoms with Crippen molar-refractivity contribution in [1.29, 1.82) is 0 Å². The van der Waals surface area contributed by atoms with E-state index in [4.69, 9.17) is 5.11 Å². The van der Waals surface area contributed by atoms with E-state index in [1.807, 2.05) is 6.08 Å². The van der Waals surface area contributed by atoms with Gasteiger partial charge in [0.05, 0.1) is 17.0 Å². The number of anilines is 1. The number of hydrogen-bond donors (Lipinski definition) is 4. The fourth-order valence-corrected chi connectivity index (χ4v) is 4.57. The summed E-state index contributed by atoms with van der Waals surface area (Å²) in [6, 6.07) is 0. The average molecular weight is 468 g/mol. The topological polar surface area (TPSA) is 115 Å². The van der Waals surface area contributed by atoms with Crippen molar-refractivity contribution in [3.05, 3.63) is 17.8 Å². The van der Waals surface area contributed by atoms with Gasteiger partial charge in [0.1, 0.15) is 0 Å². The Morgan fingerprint density at radius 2 is 1.75 bits per heavy atom. The van der Waals surface area contributed by atoms with Gasteiger partial charge in [-0.05, 0) is 26.2 Å². The number of rotatable bonds is 20. The third-order valence-corrected chi connectivity index (χ3v) is 6.55. The van der Waals surface area contributed by atoms with Crippen LogP contribution in [0.5, 0.6) is 0 Å². The molecule has 32 heavy (non-hydrogen) atoms. The lowest BCUT2D eigenvalue weighted by molar-refractivity contribution is -0.137. The first-order chi connectivity index (χ1) is 15.5. The fraction of sp³-hybridized carbons (Fsp3) is 0.708. The van der Waals surface area contributed by atoms with Gasteiger partial charge in [-0.3, -0.25) is 9.59 Å². The van der Waals surface area contributed by atoms with E-state index in [0.29, 0.717) is 17.4 Å². The molecule has 1 aromatic heterocycles. The molecule has 8 heteroatoms. The zero-order valence-corrected chi connectivity index (χ0v) is 20.5. The van der Waals surface area contributed by atoms with Crippen LogP contribution in [0.2, 0.25) is 0 Å². The maximum Gasteiger partial charge on any atom is 0.303 e. The van der Waals surface area contributed by atoms with Crippen LogP contribution < -0.4 is 5.32 Å². The number of aromatic nitrogens is 2. The van der Waals surface area contributed by atoms with Crippen molar-refractivity contribution in [2.45, 2.75) is 114 Å². The Labute approximate surface area is 196 Å². The molecule has 2 atom stereocenters. The van der Waals surface area contributed by atoms with Crippen molar-refractivity contribution in [3.8, 4) is 0 Å². The molecular weight excluding hydrogens is 426 g/mol. The van der Waals surface area contributed by atoms with E-state index in [1.165, 1.54) is 69.5 Å². The Bertz CT molecular complexity index is 678. The number of unbranched alkanes of at least 4 members (excludes halogenated alkanes) is 10. The molecule has 0 saturated heterocycles. The summed E-state index contributed by atoms with van der Waals surface area (Å²) in [6.45, 7) is 4.05. The summed E-state index contributed by atoms with van der Waals surface area (Å²) in [5.74, 6) is -0.468. The molecule has 0 aliphatic rings. The number of aliphatic carboxylic acids is 1. The monoisotopic (exact) mass is 467 g/mol. The molecule has 2 unspecified atom stereocenters. The fourth-order valence-electron chi connectivity index (χ4n) is 3.48. The lowest BCUT2D eigenvalue weighted by Crippen LogP contribution is -2.22. The molecule has 4 N–H and O–H groups in total. The number of imidazole rings is 1. The minimum atomic E-state index is -0.923. The number of aryl methyl sites for hydroxylation is 1. The van der Waals surface area contributed by atoms with Gasteiger partial charge in [0.2, 0.25) is 6.41 Å². The van der Waals surface area contributed by atoms with E-state index in [1.54, 1.807) is 6.92 Å². The first-order valence-electron chi connectivity index (χ1n) is 12.0. The Morgan fingerprint density at radius 3 is 2.34 bits per heavy atom. The van der Waals surface area contributed by atoms with E-state index in [2.05, 4.69) is 28.3 Å². The van der Waals surface area contributed by atoms with Crippen LogP contribution in [0, 0.1) is 6.92 Å². The number of aromatic amines is 1. The number of aliphatic hydroxyl groups is 1. The van der Waals surface area contributed by atoms with Gasteiger partial charge in [-0.15, -0.1) is 0 Å². The average Bonchev–Trinajstić information content (AvgIpc) is 3.11. The number of nitrogens with one attached hydrogen (secondary N) is 2. The molecule has 0 radical (unpaired) electrons. The van der Waals surface area contributed by atoms with E-state index < -0.39 is 12.1 Å². The van der Waals surface area contributed by atoms with Gasteiger partial charge in [0.15, 0.2) is 11.0 Å². The van der Waals surface area contributed by atoms with Gasteiger partial charge < -0.3 is 20.5 Å². The van der Waals surface area contributed by atoms with E-state index in [-0.39, 0.29) is 18.1 Å².